The van der Waals surface area contributed by atoms with Crippen LogP contribution in [0.4, 0.5) is 13.2 Å². The maximum absolute atomic E-state index is 12.6. The van der Waals surface area contributed by atoms with Gasteiger partial charge in [0.15, 0.2) is 0 Å². The van der Waals surface area contributed by atoms with E-state index in [9.17, 15) is 18.0 Å². The molecule has 0 unspecified atom stereocenters. The monoisotopic (exact) mass is 452 g/mol. The Morgan fingerprint density at radius 3 is 2.71 bits per heavy atom. The van der Waals surface area contributed by atoms with Gasteiger partial charge in [-0.2, -0.15) is 9.94 Å². The van der Waals surface area contributed by atoms with Crippen LogP contribution in [-0.4, -0.2) is 49.7 Å². The molecule has 0 radical (unpaired) electrons. The van der Waals surface area contributed by atoms with Crippen molar-refractivity contribution in [3.63, 3.8) is 0 Å². The smallest absolute Gasteiger partial charge is 0.467 e. The van der Waals surface area contributed by atoms with Crippen LogP contribution < -0.4 is 4.74 Å². The van der Waals surface area contributed by atoms with Gasteiger partial charge in [0.1, 0.15) is 11.5 Å². The topological polar surface area (TPSA) is 110 Å². The summed E-state index contributed by atoms with van der Waals surface area (Å²) in [6.45, 7) is 0.460. The van der Waals surface area contributed by atoms with E-state index in [4.69, 9.17) is 9.68 Å². The van der Waals surface area contributed by atoms with Crippen molar-refractivity contribution in [3.8, 4) is 17.5 Å². The van der Waals surface area contributed by atoms with Gasteiger partial charge in [-0.05, 0) is 46.8 Å². The number of amides is 1. The number of hydrogen-bond acceptors (Lipinski definition) is 8. The first kappa shape index (κ1) is 22.2. The summed E-state index contributed by atoms with van der Waals surface area (Å²) in [5.74, 6) is -0.0518. The van der Waals surface area contributed by atoms with Crippen LogP contribution in [0.15, 0.2) is 52.2 Å². The number of alkyl halides is 3. The largest absolute Gasteiger partial charge is 0.573 e. The molecule has 0 fully saturated rings. The Balaban J connectivity index is 1.65. The lowest BCUT2D eigenvalue weighted by molar-refractivity contribution is -0.274. The number of carbonyl (C=O) groups excluding carboxylic acids is 1. The van der Waals surface area contributed by atoms with Gasteiger partial charge in [0.2, 0.25) is 11.1 Å². The molecule has 0 saturated heterocycles. The molecular formula is C18H15F3N6O3S. The zero-order valence-corrected chi connectivity index (χ0v) is 16.6. The van der Waals surface area contributed by atoms with E-state index in [0.29, 0.717) is 11.4 Å². The summed E-state index contributed by atoms with van der Waals surface area (Å²) in [7, 11) is 0. The standard InChI is InChI=1S/C18H15F3N6O3S/c19-18(20,21)30-14-6-4-13(5-7-14)27-17(23-24-25-27)31-12-16(28)26(9-2-8-22)11-15-3-1-10-29-15/h1,3-7,10H,2,9,11-12H2. The highest BCUT2D eigenvalue weighted by Crippen LogP contribution is 2.25. The number of aromatic nitrogens is 4. The third kappa shape index (κ3) is 6.48. The highest BCUT2D eigenvalue weighted by atomic mass is 32.2. The molecule has 13 heteroatoms. The van der Waals surface area contributed by atoms with Crippen LogP contribution in [0.1, 0.15) is 12.2 Å². The zero-order chi connectivity index (χ0) is 22.3. The summed E-state index contributed by atoms with van der Waals surface area (Å²) in [4.78, 5) is 14.1. The number of tetrazole rings is 1. The van der Waals surface area contributed by atoms with E-state index >= 15 is 0 Å². The van der Waals surface area contributed by atoms with Crippen LogP contribution in [0.2, 0.25) is 0 Å². The van der Waals surface area contributed by atoms with Gasteiger partial charge < -0.3 is 14.1 Å². The van der Waals surface area contributed by atoms with Crippen molar-refractivity contribution < 1.29 is 27.1 Å². The molecule has 0 saturated carbocycles. The molecule has 0 bridgehead atoms. The average molecular weight is 452 g/mol. The minimum atomic E-state index is -4.79. The molecular weight excluding hydrogens is 437 g/mol. The number of halogens is 3. The quantitative estimate of drug-likeness (QED) is 0.455. The molecule has 0 spiro atoms. The van der Waals surface area contributed by atoms with Crippen LogP contribution in [0.25, 0.3) is 5.69 Å². The zero-order valence-electron chi connectivity index (χ0n) is 15.8. The number of nitrogens with zero attached hydrogens (tertiary/aromatic N) is 6. The molecule has 162 valence electrons. The molecule has 0 atom stereocenters. The second-order valence-corrected chi connectivity index (χ2v) is 6.95. The van der Waals surface area contributed by atoms with Crippen LogP contribution >= 0.6 is 11.8 Å². The molecule has 1 amide bonds. The predicted octanol–water partition coefficient (Wildman–Crippen LogP) is 3.19. The summed E-state index contributed by atoms with van der Waals surface area (Å²) in [6, 6.07) is 10.4. The number of nitriles is 1. The number of rotatable bonds is 9. The summed E-state index contributed by atoms with van der Waals surface area (Å²) in [6.07, 6.45) is -3.12. The molecule has 1 aromatic carbocycles. The fourth-order valence-corrected chi connectivity index (χ4v) is 3.30. The number of carbonyl (C=O) groups is 1. The molecule has 9 nitrogen and oxygen atoms in total. The van der Waals surface area contributed by atoms with Crippen LogP contribution in [0.5, 0.6) is 5.75 Å². The van der Waals surface area contributed by atoms with Crippen molar-refractivity contribution >= 4 is 17.7 Å². The van der Waals surface area contributed by atoms with Crippen LogP contribution in [0, 0.1) is 11.3 Å². The minimum Gasteiger partial charge on any atom is -0.467 e. The van der Waals surface area contributed by atoms with E-state index in [-0.39, 0.29) is 42.1 Å². The third-order valence-electron chi connectivity index (χ3n) is 3.85. The second kappa shape index (κ2) is 9.98. The molecule has 31 heavy (non-hydrogen) atoms. The molecule has 2 heterocycles. The van der Waals surface area contributed by atoms with Gasteiger partial charge in [0.05, 0.1) is 36.7 Å². The van der Waals surface area contributed by atoms with Crippen molar-refractivity contribution in [3.05, 3.63) is 48.4 Å². The number of furan rings is 1. The maximum Gasteiger partial charge on any atom is 0.573 e. The lowest BCUT2D eigenvalue weighted by atomic mass is 10.3. The maximum atomic E-state index is 12.6. The van der Waals surface area contributed by atoms with Gasteiger partial charge in [-0.25, -0.2) is 0 Å². The summed E-state index contributed by atoms with van der Waals surface area (Å²) < 4.78 is 47.3. The van der Waals surface area contributed by atoms with Gasteiger partial charge in [-0.1, -0.05) is 11.8 Å². The fourth-order valence-electron chi connectivity index (χ4n) is 2.51. The van der Waals surface area contributed by atoms with Crippen molar-refractivity contribution in [1.82, 2.24) is 25.1 Å². The van der Waals surface area contributed by atoms with Gasteiger partial charge in [-0.15, -0.1) is 18.3 Å². The van der Waals surface area contributed by atoms with Crippen molar-refractivity contribution in [2.24, 2.45) is 0 Å². The Morgan fingerprint density at radius 1 is 1.29 bits per heavy atom. The molecule has 3 aromatic rings. The summed E-state index contributed by atoms with van der Waals surface area (Å²) in [5.41, 5.74) is 0.395. The molecule has 0 aliphatic heterocycles. The van der Waals surface area contributed by atoms with E-state index in [1.54, 1.807) is 12.1 Å². The highest BCUT2D eigenvalue weighted by molar-refractivity contribution is 7.99. The van der Waals surface area contributed by atoms with Crippen molar-refractivity contribution in [2.45, 2.75) is 24.5 Å². The SMILES string of the molecule is N#CCCN(Cc1ccco1)C(=O)CSc1nnnn1-c1ccc(OC(F)(F)F)cc1. The van der Waals surface area contributed by atoms with Gasteiger partial charge in [-0.3, -0.25) is 4.79 Å². The number of benzene rings is 1. The first-order chi connectivity index (χ1) is 14.9. The molecule has 0 aliphatic rings. The van der Waals surface area contributed by atoms with Crippen LogP contribution in [0.3, 0.4) is 0 Å². The number of thioether (sulfide) groups is 1. The normalized spacial score (nSPS) is 11.2. The lowest BCUT2D eigenvalue weighted by Crippen LogP contribution is -2.32. The third-order valence-corrected chi connectivity index (χ3v) is 4.76. The summed E-state index contributed by atoms with van der Waals surface area (Å²) >= 11 is 1.06. The number of ether oxygens (including phenoxy) is 1. The Kier molecular flexibility index (Phi) is 7.14. The van der Waals surface area contributed by atoms with Gasteiger partial charge in [0, 0.05) is 6.54 Å². The first-order valence-electron chi connectivity index (χ1n) is 8.80. The Hall–Kier alpha value is -3.53. The molecule has 0 aliphatic carbocycles. The van der Waals surface area contributed by atoms with E-state index in [2.05, 4.69) is 20.3 Å². The number of hydrogen-bond donors (Lipinski definition) is 0. The minimum absolute atomic E-state index is 0.0121. The van der Waals surface area contributed by atoms with Gasteiger partial charge >= 0.3 is 6.36 Å². The summed E-state index contributed by atoms with van der Waals surface area (Å²) in [5, 5.41) is 20.3. The van der Waals surface area contributed by atoms with E-state index in [1.807, 2.05) is 6.07 Å². The van der Waals surface area contributed by atoms with E-state index in [0.717, 1.165) is 23.9 Å². The first-order valence-corrected chi connectivity index (χ1v) is 9.79. The molecule has 3 rings (SSSR count). The average Bonchev–Trinajstić information content (AvgIpc) is 3.40. The second-order valence-electron chi connectivity index (χ2n) is 6.01. The van der Waals surface area contributed by atoms with E-state index < -0.39 is 6.36 Å². The Morgan fingerprint density at radius 2 is 2.06 bits per heavy atom. The van der Waals surface area contributed by atoms with Crippen molar-refractivity contribution in [1.29, 1.82) is 5.26 Å². The highest BCUT2D eigenvalue weighted by Gasteiger charge is 2.31. The van der Waals surface area contributed by atoms with Crippen molar-refractivity contribution in [2.75, 3.05) is 12.3 Å². The molecule has 2 aromatic heterocycles. The lowest BCUT2D eigenvalue weighted by Gasteiger charge is -2.20. The fraction of sp³-hybridized carbons (Fsp3) is 0.278. The van der Waals surface area contributed by atoms with Gasteiger partial charge in [0.25, 0.3) is 0 Å². The molecule has 0 N–H and O–H groups in total. The van der Waals surface area contributed by atoms with E-state index in [1.165, 1.54) is 28.0 Å². The predicted molar refractivity (Wildman–Crippen MR) is 101 cm³/mol. The van der Waals surface area contributed by atoms with Crippen LogP contribution in [-0.2, 0) is 11.3 Å². The Bertz CT molecular complexity index is 1030. The Labute approximate surface area is 178 Å².